The van der Waals surface area contributed by atoms with Gasteiger partial charge in [-0.15, -0.1) is 0 Å². The molecule has 0 bridgehead atoms. The van der Waals surface area contributed by atoms with Crippen molar-refractivity contribution in [2.75, 3.05) is 52.9 Å². The van der Waals surface area contributed by atoms with Crippen LogP contribution in [0.1, 0.15) is 41.5 Å². The second kappa shape index (κ2) is 37.8. The Morgan fingerprint density at radius 2 is 1.07 bits per heavy atom. The van der Waals surface area contributed by atoms with Gasteiger partial charge in [-0.05, 0) is 41.5 Å². The van der Waals surface area contributed by atoms with E-state index in [-0.39, 0.29) is 45.1 Å². The maximum absolute atomic E-state index is 8.18. The van der Waals surface area contributed by atoms with E-state index < -0.39 is 0 Å². The van der Waals surface area contributed by atoms with E-state index in [0.717, 1.165) is 24.6 Å². The van der Waals surface area contributed by atoms with Gasteiger partial charge in [-0.25, -0.2) is 5.90 Å². The zero-order valence-electron chi connectivity index (χ0n) is 19.0. The van der Waals surface area contributed by atoms with Gasteiger partial charge in [0.2, 0.25) is 0 Å². The smallest absolute Gasteiger partial charge is 0.140 e. The second-order valence-electron chi connectivity index (χ2n) is 5.44. The van der Waals surface area contributed by atoms with Gasteiger partial charge < -0.3 is 45.3 Å². The molecule has 1 heterocycles. The summed E-state index contributed by atoms with van der Waals surface area (Å²) >= 11 is 0. The van der Waals surface area contributed by atoms with Crippen LogP contribution < -0.4 is 5.90 Å². The Labute approximate surface area is 179 Å². The summed E-state index contributed by atoms with van der Waals surface area (Å²) in [5.74, 6) is 4.48. The molecule has 0 atom stereocenters. The normalized spacial score (nSPS) is 9.40. The predicted molar refractivity (Wildman–Crippen MR) is 116 cm³/mol. The minimum Gasteiger partial charge on any atom is -0.412 e. The topological polar surface area (TPSA) is 216 Å². The molecule has 184 valence electrons. The van der Waals surface area contributed by atoms with E-state index in [1.54, 1.807) is 13.8 Å². The Kier molecular flexibility index (Phi) is 48.8. The quantitative estimate of drug-likeness (QED) is 0.108. The van der Waals surface area contributed by atoms with Crippen molar-refractivity contribution in [3.63, 3.8) is 0 Å². The lowest BCUT2D eigenvalue weighted by Gasteiger charge is -1.92. The summed E-state index contributed by atoms with van der Waals surface area (Å²) in [5, 5.41) is 41.9. The molecule has 0 saturated carbocycles. The first-order valence-electron chi connectivity index (χ1n) is 8.86. The summed E-state index contributed by atoms with van der Waals surface area (Å²) in [6, 6.07) is 0. The van der Waals surface area contributed by atoms with Crippen LogP contribution in [0.2, 0.25) is 0 Å². The van der Waals surface area contributed by atoms with Crippen LogP contribution in [0.5, 0.6) is 0 Å². The van der Waals surface area contributed by atoms with Gasteiger partial charge in [-0.2, -0.15) is 0 Å². The number of hydrogen-bond acceptors (Lipinski definition) is 12. The number of aliphatic hydroxyl groups is 3. The molecule has 0 unspecified atom stereocenters. The monoisotopic (exact) mass is 446 g/mol. The summed E-state index contributed by atoms with van der Waals surface area (Å²) in [5.41, 5.74) is 2.40. The highest BCUT2D eigenvalue weighted by molar-refractivity contribution is 5.78. The number of oxime groups is 3. The molecule has 13 nitrogen and oxygen atoms in total. The molecule has 30 heavy (non-hydrogen) atoms. The van der Waals surface area contributed by atoms with Gasteiger partial charge in [0.05, 0.1) is 56.8 Å². The van der Waals surface area contributed by atoms with Crippen LogP contribution in [-0.4, -0.2) is 96.0 Å². The second-order valence-corrected chi connectivity index (χ2v) is 5.44. The first kappa shape index (κ1) is 38.7. The maximum atomic E-state index is 8.18. The Bertz CT molecular complexity index is 355. The summed E-state index contributed by atoms with van der Waals surface area (Å²) in [6.07, 6.45) is 0. The highest BCUT2D eigenvalue weighted by Crippen LogP contribution is 1.84. The van der Waals surface area contributed by atoms with Crippen LogP contribution in [0.3, 0.4) is 0 Å². The number of aliphatic hydroxyl groups excluding tert-OH is 3. The minimum atomic E-state index is -0.00347. The summed E-state index contributed by atoms with van der Waals surface area (Å²) in [6.45, 7) is 13.6. The van der Waals surface area contributed by atoms with E-state index in [1.807, 2.05) is 27.7 Å². The van der Waals surface area contributed by atoms with E-state index in [0.29, 0.717) is 5.71 Å². The third-order valence-corrected chi connectivity index (χ3v) is 1.47. The average Bonchev–Trinajstić information content (AvgIpc) is 3.53. The predicted octanol–water partition coefficient (Wildman–Crippen LogP) is -0.300. The zero-order chi connectivity index (χ0) is 23.3. The van der Waals surface area contributed by atoms with Gasteiger partial charge >= 0.3 is 0 Å². The van der Waals surface area contributed by atoms with Gasteiger partial charge in [0, 0.05) is 0 Å². The third-order valence-electron chi connectivity index (χ3n) is 1.47. The molecule has 0 spiro atoms. The Hall–Kier alpha value is -1.87. The van der Waals surface area contributed by atoms with Crippen LogP contribution in [0.4, 0.5) is 0 Å². The van der Waals surface area contributed by atoms with Gasteiger partial charge in [0.25, 0.3) is 0 Å². The fraction of sp³-hybridized carbons (Fsp3) is 0.824. The van der Waals surface area contributed by atoms with E-state index >= 15 is 0 Å². The third kappa shape index (κ3) is 95.7. The van der Waals surface area contributed by atoms with E-state index in [1.165, 1.54) is 0 Å². The molecule has 1 aliphatic rings. The Morgan fingerprint density at radius 3 is 1.17 bits per heavy atom. The van der Waals surface area contributed by atoms with Gasteiger partial charge in [-0.3, -0.25) is 0 Å². The molecular weight excluding hydrogens is 404 g/mol. The van der Waals surface area contributed by atoms with E-state index in [4.69, 9.17) is 20.5 Å². The van der Waals surface area contributed by atoms with Crippen LogP contribution in [0, 0.1) is 0 Å². The highest BCUT2D eigenvalue weighted by atomic mass is 16.6. The van der Waals surface area contributed by atoms with Crippen LogP contribution in [-0.2, 0) is 19.2 Å². The van der Waals surface area contributed by atoms with Gasteiger partial charge in [-0.1, -0.05) is 15.5 Å². The van der Waals surface area contributed by atoms with Crippen LogP contribution >= 0.6 is 0 Å². The zero-order valence-corrected chi connectivity index (χ0v) is 19.0. The molecule has 1 fully saturated rings. The molecule has 1 aliphatic heterocycles. The van der Waals surface area contributed by atoms with E-state index in [2.05, 4.69) is 40.6 Å². The van der Waals surface area contributed by atoms with Crippen LogP contribution in [0.25, 0.3) is 0 Å². The number of ether oxygens (including phenoxy) is 1. The standard InChI is InChI=1S/2C5H11NO2.C3H7NO.C2H7NO2.C2H4O.H2O/c2*1-5(2)6-8-4-3-7;1-3(2)4-5;3-5-2-1-4;1-2-3-1;/h2*7H,3-4H2,1-2H3;5H,1-2H3;4H,1-3H2;1-2H2;1H2. The first-order valence-corrected chi connectivity index (χ1v) is 8.86. The largest absolute Gasteiger partial charge is 0.412 e. The van der Waals surface area contributed by atoms with Crippen molar-refractivity contribution in [3.8, 4) is 0 Å². The number of nitrogens with zero attached hydrogens (tertiary/aromatic N) is 3. The number of rotatable bonds is 8. The lowest BCUT2D eigenvalue weighted by Crippen LogP contribution is -2.03. The van der Waals surface area contributed by atoms with Gasteiger partial charge in [0.15, 0.2) is 0 Å². The lowest BCUT2D eigenvalue weighted by molar-refractivity contribution is 0.0938. The Balaban J connectivity index is -0.0000000890. The minimum absolute atomic E-state index is 0. The van der Waals surface area contributed by atoms with Crippen molar-refractivity contribution >= 4 is 17.1 Å². The lowest BCUT2D eigenvalue weighted by atomic mass is 10.5. The summed E-state index contributed by atoms with van der Waals surface area (Å²) < 4.78 is 4.50. The molecule has 0 aromatic carbocycles. The molecule has 13 heteroatoms. The molecule has 0 aromatic rings. The fourth-order valence-electron chi connectivity index (χ4n) is 0.484. The van der Waals surface area contributed by atoms with Crippen molar-refractivity contribution in [1.29, 1.82) is 0 Å². The van der Waals surface area contributed by atoms with Crippen molar-refractivity contribution < 1.29 is 45.3 Å². The molecular formula is C17H42N4O9. The molecule has 0 aliphatic carbocycles. The van der Waals surface area contributed by atoms with Crippen molar-refractivity contribution in [2.24, 2.45) is 21.4 Å². The van der Waals surface area contributed by atoms with E-state index in [9.17, 15) is 0 Å². The summed E-state index contributed by atoms with van der Waals surface area (Å²) in [7, 11) is 0. The number of hydrogen-bond donors (Lipinski definition) is 5. The number of epoxide rings is 1. The SMILES string of the molecule is C1CO1.CC(C)=NO.CC(C)=NOCCO.CC(C)=NOCCO.NOCCO.O. The maximum Gasteiger partial charge on any atom is 0.140 e. The van der Waals surface area contributed by atoms with Crippen LogP contribution in [0.15, 0.2) is 15.5 Å². The molecule has 0 aromatic heterocycles. The van der Waals surface area contributed by atoms with Gasteiger partial charge in [0.1, 0.15) is 13.2 Å². The van der Waals surface area contributed by atoms with Crippen molar-refractivity contribution in [3.05, 3.63) is 0 Å². The average molecular weight is 447 g/mol. The number of nitrogens with two attached hydrogens (primary N) is 1. The molecule has 0 amide bonds. The highest BCUT2D eigenvalue weighted by Gasteiger charge is 1.94. The molecule has 1 saturated heterocycles. The fourth-order valence-corrected chi connectivity index (χ4v) is 0.484. The summed E-state index contributed by atoms with van der Waals surface area (Å²) in [4.78, 5) is 13.1. The van der Waals surface area contributed by atoms with Crippen molar-refractivity contribution in [1.82, 2.24) is 0 Å². The first-order chi connectivity index (χ1) is 13.7. The molecule has 8 N–H and O–H groups in total. The molecule has 0 radical (unpaired) electrons. The molecule has 1 rings (SSSR count). The van der Waals surface area contributed by atoms with Crippen molar-refractivity contribution in [2.45, 2.75) is 41.5 Å². The Morgan fingerprint density at radius 1 is 0.767 bits per heavy atom.